The van der Waals surface area contributed by atoms with Crippen LogP contribution in [0.3, 0.4) is 0 Å². The number of ketones is 1. The molecule has 178 valence electrons. The molecule has 1 heterocycles. The predicted molar refractivity (Wildman–Crippen MR) is 133 cm³/mol. The van der Waals surface area contributed by atoms with E-state index in [4.69, 9.17) is 14.2 Å². The lowest BCUT2D eigenvalue weighted by molar-refractivity contribution is -0.140. The van der Waals surface area contributed by atoms with Crippen molar-refractivity contribution in [2.45, 2.75) is 31.6 Å². The van der Waals surface area contributed by atoms with Crippen LogP contribution in [0.25, 0.3) is 0 Å². The molecular formula is C27H28BrNO5. The summed E-state index contributed by atoms with van der Waals surface area (Å²) < 4.78 is 16.7. The minimum atomic E-state index is -0.483. The molecule has 0 bridgehead atoms. The van der Waals surface area contributed by atoms with Gasteiger partial charge in [0.15, 0.2) is 5.78 Å². The lowest BCUT2D eigenvalue weighted by Crippen LogP contribution is -2.36. The molecule has 2 atom stereocenters. The second-order valence-electron chi connectivity index (χ2n) is 8.47. The number of rotatable bonds is 7. The van der Waals surface area contributed by atoms with E-state index < -0.39 is 11.9 Å². The van der Waals surface area contributed by atoms with Gasteiger partial charge in [-0.15, -0.1) is 0 Å². The van der Waals surface area contributed by atoms with Crippen molar-refractivity contribution in [3.63, 3.8) is 0 Å². The summed E-state index contributed by atoms with van der Waals surface area (Å²) in [5.74, 6) is -0.0435. The van der Waals surface area contributed by atoms with Gasteiger partial charge < -0.3 is 19.5 Å². The summed E-state index contributed by atoms with van der Waals surface area (Å²) in [4.78, 5) is 26.7. The number of ether oxygens (including phenoxy) is 3. The van der Waals surface area contributed by atoms with Gasteiger partial charge in [-0.25, -0.2) is 4.79 Å². The van der Waals surface area contributed by atoms with Crippen molar-refractivity contribution in [2.24, 2.45) is 0 Å². The van der Waals surface area contributed by atoms with Crippen molar-refractivity contribution >= 4 is 27.7 Å². The SMILES string of the molecule is COCCOC(=O)C1=C(C)NC2=C(C(=O)C[C@@H](c3ccc(OC)cc3)C2)[C@@H]1c1ccc(Br)cc1. The number of hydrogen-bond donors (Lipinski definition) is 1. The predicted octanol–water partition coefficient (Wildman–Crippen LogP) is 5.01. The molecule has 0 radical (unpaired) electrons. The molecule has 2 aromatic carbocycles. The Morgan fingerprint density at radius 3 is 2.32 bits per heavy atom. The Bertz CT molecular complexity index is 1130. The molecular weight excluding hydrogens is 498 g/mol. The van der Waals surface area contributed by atoms with Crippen LogP contribution in [0, 0.1) is 0 Å². The van der Waals surface area contributed by atoms with Crippen LogP contribution in [0.2, 0.25) is 0 Å². The summed E-state index contributed by atoms with van der Waals surface area (Å²) >= 11 is 3.47. The van der Waals surface area contributed by atoms with Gasteiger partial charge in [0.1, 0.15) is 12.4 Å². The number of halogens is 1. The first-order chi connectivity index (χ1) is 16.4. The highest BCUT2D eigenvalue weighted by molar-refractivity contribution is 9.10. The van der Waals surface area contributed by atoms with Gasteiger partial charge in [0.05, 0.1) is 19.3 Å². The molecule has 2 aliphatic rings. The molecule has 0 saturated heterocycles. The molecule has 0 unspecified atom stereocenters. The molecule has 0 spiro atoms. The fourth-order valence-corrected chi connectivity index (χ4v) is 4.97. The fourth-order valence-electron chi connectivity index (χ4n) is 4.71. The third kappa shape index (κ3) is 4.95. The molecule has 0 fully saturated rings. The van der Waals surface area contributed by atoms with E-state index in [1.807, 2.05) is 55.5 Å². The van der Waals surface area contributed by atoms with Crippen LogP contribution in [0.5, 0.6) is 5.75 Å². The van der Waals surface area contributed by atoms with Gasteiger partial charge >= 0.3 is 5.97 Å². The maximum Gasteiger partial charge on any atom is 0.336 e. The summed E-state index contributed by atoms with van der Waals surface area (Å²) in [6.07, 6.45) is 1.06. The van der Waals surface area contributed by atoms with Crippen molar-refractivity contribution in [3.05, 3.63) is 86.7 Å². The van der Waals surface area contributed by atoms with E-state index in [0.29, 0.717) is 36.3 Å². The second kappa shape index (κ2) is 10.6. The molecule has 1 N–H and O–H groups in total. The number of esters is 1. The highest BCUT2D eigenvalue weighted by atomic mass is 79.9. The average molecular weight is 526 g/mol. The van der Waals surface area contributed by atoms with Crippen molar-refractivity contribution in [1.29, 1.82) is 0 Å². The number of methoxy groups -OCH3 is 2. The third-order valence-corrected chi connectivity index (χ3v) is 6.89. The quantitative estimate of drug-likeness (QED) is 0.404. The molecule has 4 rings (SSSR count). The highest BCUT2D eigenvalue weighted by Crippen LogP contribution is 2.46. The molecule has 0 aromatic heterocycles. The summed E-state index contributed by atoms with van der Waals surface area (Å²) in [5.41, 5.74) is 4.67. The Morgan fingerprint density at radius 2 is 1.68 bits per heavy atom. The maximum atomic E-state index is 13.6. The summed E-state index contributed by atoms with van der Waals surface area (Å²) in [5, 5.41) is 3.38. The topological polar surface area (TPSA) is 73.9 Å². The van der Waals surface area contributed by atoms with Gasteiger partial charge in [0, 0.05) is 40.9 Å². The maximum absolute atomic E-state index is 13.6. The van der Waals surface area contributed by atoms with Crippen LogP contribution in [0.1, 0.15) is 42.7 Å². The number of hydrogen-bond acceptors (Lipinski definition) is 6. The normalized spacial score (nSPS) is 20.1. The monoisotopic (exact) mass is 525 g/mol. The van der Waals surface area contributed by atoms with Crippen molar-refractivity contribution < 1.29 is 23.8 Å². The summed E-state index contributed by atoms with van der Waals surface area (Å²) in [6, 6.07) is 15.6. The minimum Gasteiger partial charge on any atom is -0.497 e. The molecule has 0 saturated carbocycles. The van der Waals surface area contributed by atoms with Crippen molar-refractivity contribution in [1.82, 2.24) is 5.32 Å². The van der Waals surface area contributed by atoms with E-state index in [1.54, 1.807) is 14.2 Å². The Morgan fingerprint density at radius 1 is 1.00 bits per heavy atom. The number of nitrogens with one attached hydrogen (secondary N) is 1. The van der Waals surface area contributed by atoms with Crippen LogP contribution in [0.15, 0.2) is 75.5 Å². The molecule has 1 aliphatic carbocycles. The molecule has 2 aromatic rings. The van der Waals surface area contributed by atoms with Crippen LogP contribution < -0.4 is 10.1 Å². The van der Waals surface area contributed by atoms with Crippen LogP contribution in [-0.2, 0) is 19.1 Å². The van der Waals surface area contributed by atoms with E-state index in [2.05, 4.69) is 21.2 Å². The largest absolute Gasteiger partial charge is 0.497 e. The summed E-state index contributed by atoms with van der Waals surface area (Å²) in [6.45, 7) is 2.33. The molecule has 0 amide bonds. The second-order valence-corrected chi connectivity index (χ2v) is 9.39. The highest BCUT2D eigenvalue weighted by Gasteiger charge is 2.41. The Kier molecular flexibility index (Phi) is 7.54. The first kappa shape index (κ1) is 24.2. The standard InChI is InChI=1S/C27H28BrNO5/c1-16-24(27(31)34-13-12-32-2)25(18-4-8-20(28)9-5-18)26-22(29-16)14-19(15-23(26)30)17-6-10-21(33-3)11-7-17/h4-11,19,25,29H,12-15H2,1-3H3/t19-,25+/m0/s1. The minimum absolute atomic E-state index is 0.0391. The number of Topliss-reactive ketones (excluding diaryl/α,β-unsaturated/α-hetero) is 1. The Hall–Kier alpha value is -2.90. The fraction of sp³-hybridized carbons (Fsp3) is 0.333. The van der Waals surface area contributed by atoms with Gasteiger partial charge in [0.2, 0.25) is 0 Å². The zero-order valence-electron chi connectivity index (χ0n) is 19.5. The van der Waals surface area contributed by atoms with E-state index in [1.165, 1.54) is 0 Å². The van der Waals surface area contributed by atoms with E-state index in [-0.39, 0.29) is 18.3 Å². The van der Waals surface area contributed by atoms with Gasteiger partial charge in [0.25, 0.3) is 0 Å². The number of dihydropyridines is 1. The van der Waals surface area contributed by atoms with Gasteiger partial charge in [-0.2, -0.15) is 0 Å². The van der Waals surface area contributed by atoms with Gasteiger partial charge in [-0.05, 0) is 54.7 Å². The van der Waals surface area contributed by atoms with E-state index in [9.17, 15) is 9.59 Å². The Labute approximate surface area is 208 Å². The smallest absolute Gasteiger partial charge is 0.336 e. The molecule has 34 heavy (non-hydrogen) atoms. The number of carbonyl (C=O) groups excluding carboxylic acids is 2. The zero-order valence-corrected chi connectivity index (χ0v) is 21.1. The Balaban J connectivity index is 1.72. The number of benzene rings is 2. The zero-order chi connectivity index (χ0) is 24.2. The third-order valence-electron chi connectivity index (χ3n) is 6.36. The number of carbonyl (C=O) groups is 2. The van der Waals surface area contributed by atoms with E-state index >= 15 is 0 Å². The lowest BCUT2D eigenvalue weighted by atomic mass is 9.72. The van der Waals surface area contributed by atoms with Crippen LogP contribution in [0.4, 0.5) is 0 Å². The first-order valence-electron chi connectivity index (χ1n) is 11.2. The van der Waals surface area contributed by atoms with E-state index in [0.717, 1.165) is 27.0 Å². The number of allylic oxidation sites excluding steroid dienone is 3. The van der Waals surface area contributed by atoms with Gasteiger partial charge in [-0.1, -0.05) is 40.2 Å². The molecule has 7 heteroatoms. The van der Waals surface area contributed by atoms with Gasteiger partial charge in [-0.3, -0.25) is 4.79 Å². The average Bonchev–Trinajstić information content (AvgIpc) is 2.83. The first-order valence-corrected chi connectivity index (χ1v) is 12.0. The van der Waals surface area contributed by atoms with Crippen molar-refractivity contribution in [3.8, 4) is 5.75 Å². The summed E-state index contributed by atoms with van der Waals surface area (Å²) in [7, 11) is 3.19. The molecule has 6 nitrogen and oxygen atoms in total. The van der Waals surface area contributed by atoms with Crippen molar-refractivity contribution in [2.75, 3.05) is 27.4 Å². The lowest BCUT2D eigenvalue weighted by Gasteiger charge is -2.36. The van der Waals surface area contributed by atoms with Crippen LogP contribution >= 0.6 is 15.9 Å². The van der Waals surface area contributed by atoms with Crippen LogP contribution in [-0.4, -0.2) is 39.2 Å². The molecule has 1 aliphatic heterocycles.